The predicted octanol–water partition coefficient (Wildman–Crippen LogP) is 3.07. The van der Waals surface area contributed by atoms with Gasteiger partial charge in [0.2, 0.25) is 11.9 Å². The van der Waals surface area contributed by atoms with Gasteiger partial charge in [0.1, 0.15) is 23.2 Å². The molecule has 2 N–H and O–H groups in total. The Hall–Kier alpha value is -3.23. The Kier molecular flexibility index (Phi) is 5.99. The summed E-state index contributed by atoms with van der Waals surface area (Å²) in [5, 5.41) is 6.40. The van der Waals surface area contributed by atoms with E-state index in [1.807, 2.05) is 32.7 Å². The van der Waals surface area contributed by atoms with Gasteiger partial charge in [0.15, 0.2) is 11.6 Å². The first kappa shape index (κ1) is 22.0. The van der Waals surface area contributed by atoms with Crippen molar-refractivity contribution in [2.24, 2.45) is 11.8 Å². The highest BCUT2D eigenvalue weighted by Gasteiger charge is 2.36. The lowest BCUT2D eigenvalue weighted by molar-refractivity contribution is -0.118. The van der Waals surface area contributed by atoms with Gasteiger partial charge in [0.05, 0.1) is 18.5 Å². The number of hydrogen-bond acceptors (Lipinski definition) is 8. The number of ether oxygens (including phenoxy) is 1. The zero-order chi connectivity index (χ0) is 23.0. The van der Waals surface area contributed by atoms with Gasteiger partial charge in [-0.25, -0.2) is 9.97 Å². The summed E-state index contributed by atoms with van der Waals surface area (Å²) in [5.41, 5.74) is 1.88. The highest BCUT2D eigenvalue weighted by Crippen LogP contribution is 2.35. The van der Waals surface area contributed by atoms with E-state index in [4.69, 9.17) is 9.72 Å². The van der Waals surface area contributed by atoms with Gasteiger partial charge in [-0.15, -0.1) is 0 Å². The van der Waals surface area contributed by atoms with E-state index in [2.05, 4.69) is 20.6 Å². The lowest BCUT2D eigenvalue weighted by atomic mass is 9.81. The molecule has 0 saturated heterocycles. The summed E-state index contributed by atoms with van der Waals surface area (Å²) in [6.07, 6.45) is 3.51. The molecule has 0 spiro atoms. The van der Waals surface area contributed by atoms with Crippen molar-refractivity contribution in [2.75, 3.05) is 29.2 Å². The van der Waals surface area contributed by atoms with E-state index in [1.54, 1.807) is 18.3 Å². The number of nitrogens with one attached hydrogen (secondary N) is 2. The van der Waals surface area contributed by atoms with Crippen LogP contribution in [0.4, 0.5) is 17.5 Å². The third kappa shape index (κ3) is 4.37. The second kappa shape index (κ2) is 8.72. The fourth-order valence-electron chi connectivity index (χ4n) is 4.34. The van der Waals surface area contributed by atoms with Crippen LogP contribution >= 0.6 is 0 Å². The van der Waals surface area contributed by atoms with E-state index in [0.29, 0.717) is 35.6 Å². The van der Waals surface area contributed by atoms with Crippen LogP contribution in [0, 0.1) is 18.8 Å². The molecule has 1 aliphatic carbocycles. The molecule has 1 atom stereocenters. The molecule has 9 nitrogen and oxygen atoms in total. The van der Waals surface area contributed by atoms with Crippen LogP contribution in [-0.2, 0) is 4.79 Å². The molecule has 1 unspecified atom stereocenters. The number of carbonyl (C=O) groups excluding carboxylic acids is 2. The van der Waals surface area contributed by atoms with Gasteiger partial charge in [-0.1, -0.05) is 13.8 Å². The molecule has 9 heteroatoms. The van der Waals surface area contributed by atoms with Gasteiger partial charge in [-0.05, 0) is 43.7 Å². The summed E-state index contributed by atoms with van der Waals surface area (Å²) in [7, 11) is 1.91. The van der Waals surface area contributed by atoms with Gasteiger partial charge in [-0.2, -0.15) is 4.98 Å². The van der Waals surface area contributed by atoms with E-state index < -0.39 is 0 Å². The molecule has 2 aliphatic rings. The molecule has 0 radical (unpaired) electrons. The van der Waals surface area contributed by atoms with Crippen LogP contribution in [-0.4, -0.2) is 52.4 Å². The second-order valence-electron chi connectivity index (χ2n) is 9.05. The topological polar surface area (TPSA) is 109 Å². The van der Waals surface area contributed by atoms with Crippen LogP contribution in [0.5, 0.6) is 5.75 Å². The first-order valence-electron chi connectivity index (χ1n) is 11.0. The Morgan fingerprint density at radius 3 is 2.69 bits per heavy atom. The van der Waals surface area contributed by atoms with Gasteiger partial charge in [0, 0.05) is 20.0 Å². The minimum atomic E-state index is -0.256. The van der Waals surface area contributed by atoms with Crippen LogP contribution in [0.1, 0.15) is 49.8 Å². The molecule has 2 aromatic rings. The number of likely N-dealkylation sites (N-methyl/N-ethyl adjacent to an activating group) is 1. The Bertz CT molecular complexity index is 1020. The van der Waals surface area contributed by atoms with Crippen LogP contribution < -0.4 is 20.3 Å². The van der Waals surface area contributed by atoms with Gasteiger partial charge in [-0.3, -0.25) is 9.59 Å². The van der Waals surface area contributed by atoms with Gasteiger partial charge in [0.25, 0.3) is 0 Å². The van der Waals surface area contributed by atoms with Crippen molar-refractivity contribution in [1.82, 2.24) is 15.0 Å². The van der Waals surface area contributed by atoms with E-state index in [-0.39, 0.29) is 29.7 Å². The zero-order valence-corrected chi connectivity index (χ0v) is 19.2. The molecule has 4 rings (SSSR count). The van der Waals surface area contributed by atoms with E-state index in [9.17, 15) is 9.59 Å². The number of Topliss-reactive ketones (excluding diaryl/α,β-unsaturated/α-hetero) is 1. The smallest absolute Gasteiger partial charge is 0.247 e. The zero-order valence-electron chi connectivity index (χ0n) is 19.2. The van der Waals surface area contributed by atoms with E-state index in [1.165, 1.54) is 6.92 Å². The summed E-state index contributed by atoms with van der Waals surface area (Å²) in [6.45, 7) is 8.05. The number of rotatable bonds is 7. The number of carbonyl (C=O) groups is 2. The normalized spacial score (nSPS) is 22.1. The Labute approximate surface area is 188 Å². The minimum Gasteiger partial charge on any atom is -0.492 e. The number of aromatic nitrogens is 3. The highest BCUT2D eigenvalue weighted by molar-refractivity contribution is 6.03. The standard InChI is InChI=1S/C23H30N6O3/c1-12(2)20-22(31)27-19-13(3)25-23(28-21(19)29(20)5)26-16-8-15(9-16)11-32-17-6-7-18(14(4)30)24-10-17/h6-7,10,12,15-16,20H,8-9,11H2,1-5H3,(H,27,31)(H,25,26,28). The monoisotopic (exact) mass is 438 g/mol. The molecule has 0 aromatic carbocycles. The molecule has 2 aromatic heterocycles. The molecule has 1 aliphatic heterocycles. The summed E-state index contributed by atoms with van der Waals surface area (Å²) in [6, 6.07) is 3.49. The number of anilines is 3. The number of amides is 1. The van der Waals surface area contributed by atoms with Gasteiger partial charge < -0.3 is 20.3 Å². The minimum absolute atomic E-state index is 0.0182. The third-order valence-electron chi connectivity index (χ3n) is 6.12. The fourth-order valence-corrected chi connectivity index (χ4v) is 4.34. The molecule has 1 fully saturated rings. The largest absolute Gasteiger partial charge is 0.492 e. The first-order chi connectivity index (χ1) is 15.2. The number of ketones is 1. The molecular formula is C23H30N6O3. The van der Waals surface area contributed by atoms with E-state index in [0.717, 1.165) is 24.4 Å². The fraction of sp³-hybridized carbons (Fsp3) is 0.522. The van der Waals surface area contributed by atoms with Crippen molar-refractivity contribution in [3.8, 4) is 5.75 Å². The second-order valence-corrected chi connectivity index (χ2v) is 9.05. The van der Waals surface area contributed by atoms with Crippen molar-refractivity contribution in [3.63, 3.8) is 0 Å². The number of pyridine rings is 1. The SMILES string of the molecule is CC(=O)c1ccc(OCC2CC(Nc3nc(C)c4c(n3)N(C)C(C(C)C)C(=O)N4)C2)cn1. The van der Waals surface area contributed by atoms with Crippen LogP contribution in [0.2, 0.25) is 0 Å². The highest BCUT2D eigenvalue weighted by atomic mass is 16.5. The maximum absolute atomic E-state index is 12.5. The molecule has 1 saturated carbocycles. The summed E-state index contributed by atoms with van der Waals surface area (Å²) in [4.78, 5) is 39.1. The average Bonchev–Trinajstić information content (AvgIpc) is 2.70. The van der Waals surface area contributed by atoms with Crippen molar-refractivity contribution >= 4 is 29.1 Å². The van der Waals surface area contributed by atoms with Crippen LogP contribution in [0.3, 0.4) is 0 Å². The van der Waals surface area contributed by atoms with Crippen molar-refractivity contribution in [3.05, 3.63) is 29.7 Å². The molecule has 1 amide bonds. The lowest BCUT2D eigenvalue weighted by Crippen LogP contribution is -2.50. The summed E-state index contributed by atoms with van der Waals surface area (Å²) in [5.74, 6) is 2.53. The lowest BCUT2D eigenvalue weighted by Gasteiger charge is -2.38. The maximum Gasteiger partial charge on any atom is 0.247 e. The van der Waals surface area contributed by atoms with Crippen LogP contribution in [0.25, 0.3) is 0 Å². The molecule has 3 heterocycles. The first-order valence-corrected chi connectivity index (χ1v) is 11.0. The Morgan fingerprint density at radius 1 is 1.31 bits per heavy atom. The van der Waals surface area contributed by atoms with E-state index >= 15 is 0 Å². The Balaban J connectivity index is 1.33. The van der Waals surface area contributed by atoms with Gasteiger partial charge >= 0.3 is 0 Å². The Morgan fingerprint density at radius 2 is 2.06 bits per heavy atom. The maximum atomic E-state index is 12.5. The van der Waals surface area contributed by atoms with Crippen molar-refractivity contribution < 1.29 is 14.3 Å². The average molecular weight is 439 g/mol. The van der Waals surface area contributed by atoms with Crippen molar-refractivity contribution in [2.45, 2.75) is 52.6 Å². The summed E-state index contributed by atoms with van der Waals surface area (Å²) >= 11 is 0. The summed E-state index contributed by atoms with van der Waals surface area (Å²) < 4.78 is 5.82. The van der Waals surface area contributed by atoms with Crippen LogP contribution in [0.15, 0.2) is 18.3 Å². The molecule has 32 heavy (non-hydrogen) atoms. The van der Waals surface area contributed by atoms with Crippen molar-refractivity contribution in [1.29, 1.82) is 0 Å². The number of fused-ring (bicyclic) bond motifs is 1. The number of nitrogens with zero attached hydrogens (tertiary/aromatic N) is 4. The molecule has 0 bridgehead atoms. The molecular weight excluding hydrogens is 408 g/mol. The third-order valence-corrected chi connectivity index (χ3v) is 6.12. The molecule has 170 valence electrons. The number of hydrogen-bond donors (Lipinski definition) is 2. The quantitative estimate of drug-likeness (QED) is 0.635. The number of aryl methyl sites for hydroxylation is 1. The predicted molar refractivity (Wildman–Crippen MR) is 122 cm³/mol.